The summed E-state index contributed by atoms with van der Waals surface area (Å²) in [7, 11) is 0. The maximum absolute atomic E-state index is 11.7. The molecule has 0 saturated heterocycles. The van der Waals surface area contributed by atoms with E-state index < -0.39 is 5.97 Å². The topological polar surface area (TPSA) is 78.4 Å². The number of carbonyl (C=O) groups is 2. The largest absolute Gasteiger partial charge is 0.481 e. The number of hydrogen-bond donors (Lipinski definition) is 3. The van der Waals surface area contributed by atoms with Crippen LogP contribution in [-0.2, 0) is 4.79 Å². The molecule has 0 bridgehead atoms. The fourth-order valence-electron chi connectivity index (χ4n) is 2.38. The van der Waals surface area contributed by atoms with Crippen LogP contribution in [0.1, 0.15) is 41.0 Å². The monoisotopic (exact) mass is 256 g/mol. The molecule has 0 radical (unpaired) electrons. The summed E-state index contributed by atoms with van der Waals surface area (Å²) in [5.74, 6) is -0.900. The van der Waals surface area contributed by atoms with Gasteiger partial charge in [0, 0.05) is 19.0 Å². The molecule has 0 spiro atoms. The molecule has 1 fully saturated rings. The van der Waals surface area contributed by atoms with Gasteiger partial charge in [0.15, 0.2) is 0 Å². The summed E-state index contributed by atoms with van der Waals surface area (Å²) in [6.07, 6.45) is 0.0701. The van der Waals surface area contributed by atoms with Gasteiger partial charge < -0.3 is 15.7 Å². The average molecular weight is 256 g/mol. The van der Waals surface area contributed by atoms with Crippen molar-refractivity contribution in [2.75, 3.05) is 6.54 Å². The number of urea groups is 1. The fraction of sp³-hybridized carbons (Fsp3) is 0.846. The van der Waals surface area contributed by atoms with Crippen LogP contribution in [0.5, 0.6) is 0 Å². The van der Waals surface area contributed by atoms with Crippen molar-refractivity contribution in [3.05, 3.63) is 0 Å². The Bertz CT molecular complexity index is 336. The van der Waals surface area contributed by atoms with Gasteiger partial charge in [0.25, 0.3) is 0 Å². The Labute approximate surface area is 108 Å². The van der Waals surface area contributed by atoms with E-state index in [9.17, 15) is 9.59 Å². The molecule has 0 aromatic rings. The molecule has 0 aromatic carbocycles. The minimum absolute atomic E-state index is 0.0616. The zero-order chi connectivity index (χ0) is 14.1. The van der Waals surface area contributed by atoms with Crippen molar-refractivity contribution in [1.82, 2.24) is 10.6 Å². The zero-order valence-electron chi connectivity index (χ0n) is 11.8. The quantitative estimate of drug-likeness (QED) is 0.702. The van der Waals surface area contributed by atoms with E-state index in [0.717, 1.165) is 0 Å². The van der Waals surface area contributed by atoms with Crippen LogP contribution in [0.2, 0.25) is 0 Å². The van der Waals surface area contributed by atoms with Crippen LogP contribution < -0.4 is 10.6 Å². The Balaban J connectivity index is 2.30. The number of amides is 2. The summed E-state index contributed by atoms with van der Waals surface area (Å²) in [6, 6.07) is -0.0457. The summed E-state index contributed by atoms with van der Waals surface area (Å²) >= 11 is 0. The molecule has 0 aliphatic heterocycles. The van der Waals surface area contributed by atoms with Crippen LogP contribution in [-0.4, -0.2) is 29.7 Å². The van der Waals surface area contributed by atoms with Crippen molar-refractivity contribution < 1.29 is 14.7 Å². The van der Waals surface area contributed by atoms with Crippen LogP contribution >= 0.6 is 0 Å². The van der Waals surface area contributed by atoms with E-state index in [0.29, 0.717) is 6.54 Å². The van der Waals surface area contributed by atoms with Gasteiger partial charge in [-0.3, -0.25) is 4.79 Å². The van der Waals surface area contributed by atoms with Gasteiger partial charge in [0.05, 0.1) is 0 Å². The Kier molecular flexibility index (Phi) is 3.93. The van der Waals surface area contributed by atoms with Crippen molar-refractivity contribution >= 4 is 12.0 Å². The highest BCUT2D eigenvalue weighted by atomic mass is 16.4. The number of carbonyl (C=O) groups excluding carboxylic acids is 1. The van der Waals surface area contributed by atoms with Crippen LogP contribution in [0.15, 0.2) is 0 Å². The first-order chi connectivity index (χ1) is 8.09. The maximum Gasteiger partial charge on any atom is 0.315 e. The highest BCUT2D eigenvalue weighted by molar-refractivity contribution is 5.75. The number of hydrogen-bond acceptors (Lipinski definition) is 2. The molecule has 0 aromatic heterocycles. The number of aliphatic carboxylic acids is 1. The van der Waals surface area contributed by atoms with Crippen LogP contribution in [0.25, 0.3) is 0 Å². The first-order valence-electron chi connectivity index (χ1n) is 6.35. The second-order valence-electron chi connectivity index (χ2n) is 6.43. The SMILES string of the molecule is CC(CNC(=O)NC1C(C)(C)C1(C)C)CC(=O)O. The zero-order valence-corrected chi connectivity index (χ0v) is 11.8. The van der Waals surface area contributed by atoms with E-state index in [1.54, 1.807) is 6.92 Å². The molecule has 5 heteroatoms. The normalized spacial score (nSPS) is 22.1. The van der Waals surface area contributed by atoms with Crippen molar-refractivity contribution in [3.63, 3.8) is 0 Å². The van der Waals surface area contributed by atoms with Crippen LogP contribution in [0, 0.1) is 16.7 Å². The molecule has 1 aliphatic rings. The third kappa shape index (κ3) is 2.94. The predicted octanol–water partition coefficient (Wildman–Crippen LogP) is 1.83. The lowest BCUT2D eigenvalue weighted by Gasteiger charge is -2.12. The molecule has 1 unspecified atom stereocenters. The number of nitrogens with one attached hydrogen (secondary N) is 2. The van der Waals surface area contributed by atoms with Gasteiger partial charge in [-0.05, 0) is 16.7 Å². The molecule has 2 amide bonds. The Morgan fingerprint density at radius 3 is 2.11 bits per heavy atom. The van der Waals surface area contributed by atoms with Crippen molar-refractivity contribution in [2.24, 2.45) is 16.7 Å². The minimum Gasteiger partial charge on any atom is -0.481 e. The molecule has 5 nitrogen and oxygen atoms in total. The third-order valence-electron chi connectivity index (χ3n) is 4.43. The fourth-order valence-corrected chi connectivity index (χ4v) is 2.38. The van der Waals surface area contributed by atoms with Gasteiger partial charge in [-0.25, -0.2) is 4.79 Å². The van der Waals surface area contributed by atoms with Crippen molar-refractivity contribution in [1.29, 1.82) is 0 Å². The Morgan fingerprint density at radius 1 is 1.22 bits per heavy atom. The second kappa shape index (κ2) is 4.78. The molecule has 104 valence electrons. The molecule has 1 atom stereocenters. The van der Waals surface area contributed by atoms with E-state index in [-0.39, 0.29) is 35.2 Å². The average Bonchev–Trinajstić information content (AvgIpc) is 2.57. The third-order valence-corrected chi connectivity index (χ3v) is 4.43. The van der Waals surface area contributed by atoms with E-state index >= 15 is 0 Å². The number of carboxylic acid groups (broad SMARTS) is 1. The molecular formula is C13H24N2O3. The smallest absolute Gasteiger partial charge is 0.315 e. The summed E-state index contributed by atoms with van der Waals surface area (Å²) in [5, 5.41) is 14.3. The van der Waals surface area contributed by atoms with Crippen LogP contribution in [0.3, 0.4) is 0 Å². The maximum atomic E-state index is 11.7. The minimum atomic E-state index is -0.839. The highest BCUT2D eigenvalue weighted by Crippen LogP contribution is 2.62. The Morgan fingerprint density at radius 2 is 1.72 bits per heavy atom. The van der Waals surface area contributed by atoms with Gasteiger partial charge in [-0.2, -0.15) is 0 Å². The first kappa shape index (κ1) is 14.8. The number of rotatable bonds is 5. The number of carboxylic acids is 1. The molecule has 1 saturated carbocycles. The standard InChI is InChI=1S/C13H24N2O3/c1-8(6-9(16)17)7-14-11(18)15-10-12(2,3)13(10,4)5/h8,10H,6-7H2,1-5H3,(H,16,17)(H2,14,15,18). The highest BCUT2D eigenvalue weighted by Gasteiger charge is 2.65. The van der Waals surface area contributed by atoms with Crippen molar-refractivity contribution in [3.8, 4) is 0 Å². The summed E-state index contributed by atoms with van der Waals surface area (Å²) in [5.41, 5.74) is 0.216. The van der Waals surface area contributed by atoms with E-state index in [2.05, 4.69) is 38.3 Å². The van der Waals surface area contributed by atoms with Gasteiger partial charge in [-0.15, -0.1) is 0 Å². The van der Waals surface area contributed by atoms with E-state index in [4.69, 9.17) is 5.11 Å². The molecule has 0 heterocycles. The van der Waals surface area contributed by atoms with E-state index in [1.807, 2.05) is 0 Å². The van der Waals surface area contributed by atoms with Crippen molar-refractivity contribution in [2.45, 2.75) is 47.1 Å². The second-order valence-corrected chi connectivity index (χ2v) is 6.43. The van der Waals surface area contributed by atoms with Gasteiger partial charge in [0.2, 0.25) is 0 Å². The molecule has 1 aliphatic carbocycles. The van der Waals surface area contributed by atoms with Gasteiger partial charge >= 0.3 is 12.0 Å². The Hall–Kier alpha value is -1.26. The molecule has 18 heavy (non-hydrogen) atoms. The van der Waals surface area contributed by atoms with Crippen LogP contribution in [0.4, 0.5) is 4.79 Å². The van der Waals surface area contributed by atoms with E-state index in [1.165, 1.54) is 0 Å². The molecule has 1 rings (SSSR count). The summed E-state index contributed by atoms with van der Waals surface area (Å²) in [6.45, 7) is 10.7. The lowest BCUT2D eigenvalue weighted by molar-refractivity contribution is -0.137. The predicted molar refractivity (Wildman–Crippen MR) is 69.3 cm³/mol. The molecule has 3 N–H and O–H groups in total. The summed E-state index contributed by atoms with van der Waals surface area (Å²) < 4.78 is 0. The lowest BCUT2D eigenvalue weighted by Crippen LogP contribution is -2.41. The molecular weight excluding hydrogens is 232 g/mol. The first-order valence-corrected chi connectivity index (χ1v) is 6.35. The summed E-state index contributed by atoms with van der Waals surface area (Å²) in [4.78, 5) is 22.2. The lowest BCUT2D eigenvalue weighted by atomic mass is 10.0. The van der Waals surface area contributed by atoms with Gasteiger partial charge in [-0.1, -0.05) is 34.6 Å². The van der Waals surface area contributed by atoms with Gasteiger partial charge in [0.1, 0.15) is 0 Å².